The molecule has 3 rings (SSSR count). The highest BCUT2D eigenvalue weighted by Gasteiger charge is 2.26. The highest BCUT2D eigenvalue weighted by atomic mass is 16.2. The molecule has 2 aromatic rings. The Hall–Kier alpha value is -2.23. The van der Waals surface area contributed by atoms with Gasteiger partial charge >= 0.3 is 0 Å². The molecule has 1 aromatic heterocycles. The van der Waals surface area contributed by atoms with Crippen LogP contribution in [0.3, 0.4) is 0 Å². The van der Waals surface area contributed by atoms with Crippen molar-refractivity contribution in [2.45, 2.75) is 6.42 Å². The lowest BCUT2D eigenvalue weighted by Crippen LogP contribution is -2.29. The summed E-state index contributed by atoms with van der Waals surface area (Å²) in [5.74, 6) is 0.396. The van der Waals surface area contributed by atoms with Crippen LogP contribution in [0.1, 0.15) is 15.9 Å². The fourth-order valence-electron chi connectivity index (χ4n) is 2.26. The quantitative estimate of drug-likeness (QED) is 0.780. The molecular weight excluding hydrogens is 214 g/mol. The topological polar surface area (TPSA) is 62.1 Å². The first-order valence-corrected chi connectivity index (χ1v) is 5.60. The van der Waals surface area contributed by atoms with Crippen LogP contribution in [-0.2, 0) is 6.42 Å². The Morgan fingerprint density at radius 2 is 2.12 bits per heavy atom. The molecule has 0 spiro atoms. The highest BCUT2D eigenvalue weighted by Crippen LogP contribution is 2.29. The van der Waals surface area contributed by atoms with Crippen molar-refractivity contribution >= 4 is 17.4 Å². The molecule has 0 saturated carbocycles. The smallest absolute Gasteiger partial charge is 0.262 e. The minimum absolute atomic E-state index is 0.0336. The van der Waals surface area contributed by atoms with Gasteiger partial charge < -0.3 is 15.6 Å². The van der Waals surface area contributed by atoms with Crippen molar-refractivity contribution in [1.29, 1.82) is 0 Å². The van der Waals surface area contributed by atoms with Crippen molar-refractivity contribution < 1.29 is 4.79 Å². The zero-order chi connectivity index (χ0) is 11.8. The molecule has 17 heavy (non-hydrogen) atoms. The van der Waals surface area contributed by atoms with Gasteiger partial charge in [-0.05, 0) is 24.1 Å². The van der Waals surface area contributed by atoms with Crippen molar-refractivity contribution in [2.24, 2.45) is 0 Å². The summed E-state index contributed by atoms with van der Waals surface area (Å²) in [4.78, 5) is 16.9. The van der Waals surface area contributed by atoms with Crippen molar-refractivity contribution in [2.75, 3.05) is 17.2 Å². The summed E-state index contributed by atoms with van der Waals surface area (Å²) in [6, 6.07) is 9.70. The molecular formula is C13H13N3O. The number of benzene rings is 1. The highest BCUT2D eigenvalue weighted by molar-refractivity contribution is 6.09. The van der Waals surface area contributed by atoms with E-state index < -0.39 is 0 Å². The summed E-state index contributed by atoms with van der Waals surface area (Å²) in [5.41, 5.74) is 8.49. The number of para-hydroxylation sites is 1. The lowest BCUT2D eigenvalue weighted by Gasteiger charge is -2.16. The molecule has 2 heterocycles. The molecule has 0 atom stereocenters. The molecule has 1 aliphatic rings. The van der Waals surface area contributed by atoms with Gasteiger partial charge in [-0.25, -0.2) is 0 Å². The van der Waals surface area contributed by atoms with E-state index in [4.69, 9.17) is 5.73 Å². The monoisotopic (exact) mass is 227 g/mol. The fourth-order valence-corrected chi connectivity index (χ4v) is 2.26. The maximum atomic E-state index is 12.3. The second kappa shape index (κ2) is 3.66. The number of nitrogens with zero attached hydrogens (tertiary/aromatic N) is 1. The van der Waals surface area contributed by atoms with Crippen LogP contribution in [0.25, 0.3) is 0 Å². The Morgan fingerprint density at radius 3 is 2.88 bits per heavy atom. The summed E-state index contributed by atoms with van der Waals surface area (Å²) in [7, 11) is 0. The van der Waals surface area contributed by atoms with Crippen LogP contribution in [-0.4, -0.2) is 17.4 Å². The predicted molar refractivity (Wildman–Crippen MR) is 67.0 cm³/mol. The van der Waals surface area contributed by atoms with Crippen LogP contribution in [0, 0.1) is 0 Å². The van der Waals surface area contributed by atoms with E-state index in [0.717, 1.165) is 18.7 Å². The number of nitrogens with one attached hydrogen (secondary N) is 1. The third-order valence-electron chi connectivity index (χ3n) is 3.14. The van der Waals surface area contributed by atoms with Gasteiger partial charge in [0.25, 0.3) is 5.91 Å². The molecule has 4 heteroatoms. The van der Waals surface area contributed by atoms with Crippen LogP contribution >= 0.6 is 0 Å². The van der Waals surface area contributed by atoms with Gasteiger partial charge in [-0.1, -0.05) is 18.2 Å². The molecule has 0 radical (unpaired) electrons. The molecule has 0 aliphatic carbocycles. The molecule has 1 aliphatic heterocycles. The van der Waals surface area contributed by atoms with E-state index in [9.17, 15) is 4.79 Å². The standard InChI is InChI=1S/C13H13N3O/c14-12-10(5-7-15-12)13(17)16-8-6-9-3-1-2-4-11(9)16/h1-5,7,15H,6,8,14H2. The van der Waals surface area contributed by atoms with Crippen LogP contribution in [0.4, 0.5) is 11.5 Å². The Labute approximate surface area is 99.0 Å². The Balaban J connectivity index is 1.98. The minimum Gasteiger partial charge on any atom is -0.385 e. The number of fused-ring (bicyclic) bond motifs is 1. The molecule has 4 nitrogen and oxygen atoms in total. The van der Waals surface area contributed by atoms with Crippen LogP contribution in [0.5, 0.6) is 0 Å². The zero-order valence-corrected chi connectivity index (χ0v) is 9.31. The summed E-state index contributed by atoms with van der Waals surface area (Å²) in [6.07, 6.45) is 2.59. The number of hydrogen-bond donors (Lipinski definition) is 2. The Kier molecular flexibility index (Phi) is 2.14. The lowest BCUT2D eigenvalue weighted by atomic mass is 10.2. The third kappa shape index (κ3) is 1.49. The number of anilines is 2. The molecule has 3 N–H and O–H groups in total. The van der Waals surface area contributed by atoms with E-state index in [-0.39, 0.29) is 5.91 Å². The third-order valence-corrected chi connectivity index (χ3v) is 3.14. The number of carbonyl (C=O) groups excluding carboxylic acids is 1. The number of H-pyrrole nitrogens is 1. The maximum absolute atomic E-state index is 12.3. The SMILES string of the molecule is Nc1[nH]ccc1C(=O)N1CCc2ccccc21. The molecule has 1 aromatic carbocycles. The number of rotatable bonds is 1. The van der Waals surface area contributed by atoms with Crippen LogP contribution in [0.2, 0.25) is 0 Å². The van der Waals surface area contributed by atoms with E-state index in [1.807, 2.05) is 18.2 Å². The summed E-state index contributed by atoms with van der Waals surface area (Å²) in [6.45, 7) is 0.725. The second-order valence-corrected chi connectivity index (χ2v) is 4.14. The van der Waals surface area contributed by atoms with Crippen molar-refractivity contribution in [3.63, 3.8) is 0 Å². The predicted octanol–water partition coefficient (Wildman–Crippen LogP) is 1.80. The summed E-state index contributed by atoms with van der Waals surface area (Å²) < 4.78 is 0. The zero-order valence-electron chi connectivity index (χ0n) is 9.31. The number of nitrogen functional groups attached to an aromatic ring is 1. The normalized spacial score (nSPS) is 13.8. The van der Waals surface area contributed by atoms with E-state index in [1.165, 1.54) is 5.56 Å². The molecule has 0 fully saturated rings. The van der Waals surface area contributed by atoms with Crippen LogP contribution < -0.4 is 10.6 Å². The number of nitrogens with two attached hydrogens (primary N) is 1. The molecule has 0 bridgehead atoms. The van der Waals surface area contributed by atoms with Crippen LogP contribution in [0.15, 0.2) is 36.5 Å². The first-order valence-electron chi connectivity index (χ1n) is 5.60. The Morgan fingerprint density at radius 1 is 1.29 bits per heavy atom. The molecule has 1 amide bonds. The maximum Gasteiger partial charge on any atom is 0.262 e. The molecule has 86 valence electrons. The minimum atomic E-state index is -0.0336. The van der Waals surface area contributed by atoms with E-state index in [0.29, 0.717) is 11.4 Å². The van der Waals surface area contributed by atoms with Gasteiger partial charge in [0.1, 0.15) is 5.82 Å². The first kappa shape index (κ1) is 9.96. The van der Waals surface area contributed by atoms with Gasteiger partial charge in [-0.2, -0.15) is 0 Å². The van der Waals surface area contributed by atoms with Gasteiger partial charge in [0.05, 0.1) is 5.56 Å². The van der Waals surface area contributed by atoms with Crippen molar-refractivity contribution in [3.8, 4) is 0 Å². The van der Waals surface area contributed by atoms with Gasteiger partial charge in [0.15, 0.2) is 0 Å². The van der Waals surface area contributed by atoms with Crippen molar-refractivity contribution in [1.82, 2.24) is 4.98 Å². The number of carbonyl (C=O) groups is 1. The van der Waals surface area contributed by atoms with E-state index in [1.54, 1.807) is 17.2 Å². The number of aromatic amines is 1. The van der Waals surface area contributed by atoms with E-state index >= 15 is 0 Å². The van der Waals surface area contributed by atoms with Gasteiger partial charge in [0, 0.05) is 18.4 Å². The van der Waals surface area contributed by atoms with Gasteiger partial charge in [0.2, 0.25) is 0 Å². The molecule has 0 unspecified atom stereocenters. The van der Waals surface area contributed by atoms with Gasteiger partial charge in [-0.15, -0.1) is 0 Å². The summed E-state index contributed by atoms with van der Waals surface area (Å²) in [5, 5.41) is 0. The largest absolute Gasteiger partial charge is 0.385 e. The van der Waals surface area contributed by atoms with E-state index in [2.05, 4.69) is 11.1 Å². The number of hydrogen-bond acceptors (Lipinski definition) is 2. The van der Waals surface area contributed by atoms with Crippen molar-refractivity contribution in [3.05, 3.63) is 47.7 Å². The first-order chi connectivity index (χ1) is 8.27. The van der Waals surface area contributed by atoms with Gasteiger partial charge in [-0.3, -0.25) is 4.79 Å². The Bertz CT molecular complexity index is 574. The average molecular weight is 227 g/mol. The number of amides is 1. The second-order valence-electron chi connectivity index (χ2n) is 4.14. The fraction of sp³-hybridized carbons (Fsp3) is 0.154. The lowest BCUT2D eigenvalue weighted by molar-refractivity contribution is 0.0990. The number of aromatic nitrogens is 1. The summed E-state index contributed by atoms with van der Waals surface area (Å²) >= 11 is 0. The molecule has 0 saturated heterocycles. The average Bonchev–Trinajstić information content (AvgIpc) is 2.94.